The molecule has 2 heterocycles. The molecule has 2 aliphatic heterocycles. The molecule has 0 aliphatic carbocycles. The number of benzene rings is 1. The van der Waals surface area contributed by atoms with E-state index in [-0.39, 0.29) is 0 Å². The number of hydrogen-bond acceptors (Lipinski definition) is 3. The summed E-state index contributed by atoms with van der Waals surface area (Å²) in [6.45, 7) is 13.2. The zero-order chi connectivity index (χ0) is 19.6. The Balaban J connectivity index is 1.40. The molecule has 2 fully saturated rings. The molecule has 0 saturated carbocycles. The third-order valence-corrected chi connectivity index (χ3v) is 5.95. The zero-order valence-electron chi connectivity index (χ0n) is 17.9. The molecule has 156 valence electrons. The first kappa shape index (κ1) is 21.1. The van der Waals surface area contributed by atoms with Gasteiger partial charge < -0.3 is 15.5 Å². The van der Waals surface area contributed by atoms with Gasteiger partial charge in [-0.1, -0.05) is 37.3 Å². The van der Waals surface area contributed by atoms with Gasteiger partial charge in [0.1, 0.15) is 0 Å². The Hall–Kier alpha value is -1.59. The second kappa shape index (κ2) is 11.4. The molecule has 2 aliphatic rings. The van der Waals surface area contributed by atoms with Crippen molar-refractivity contribution in [2.45, 2.75) is 52.1 Å². The number of aliphatic imine (C=N–C) groups is 1. The quantitative estimate of drug-likeness (QED) is 0.559. The van der Waals surface area contributed by atoms with Crippen LogP contribution in [0.5, 0.6) is 0 Å². The van der Waals surface area contributed by atoms with Gasteiger partial charge in [-0.25, -0.2) is 0 Å². The number of likely N-dealkylation sites (tertiary alicyclic amines) is 2. The van der Waals surface area contributed by atoms with Gasteiger partial charge in [-0.2, -0.15) is 0 Å². The van der Waals surface area contributed by atoms with Crippen molar-refractivity contribution in [3.8, 4) is 0 Å². The number of nitrogens with one attached hydrogen (secondary N) is 2. The molecule has 0 bridgehead atoms. The van der Waals surface area contributed by atoms with Crippen LogP contribution < -0.4 is 10.6 Å². The molecule has 2 saturated heterocycles. The minimum atomic E-state index is 0.528. The van der Waals surface area contributed by atoms with Crippen LogP contribution in [0.1, 0.15) is 45.1 Å². The lowest BCUT2D eigenvalue weighted by Gasteiger charge is -2.33. The summed E-state index contributed by atoms with van der Waals surface area (Å²) >= 11 is 0. The normalized spacial score (nSPS) is 22.9. The van der Waals surface area contributed by atoms with E-state index >= 15 is 0 Å². The van der Waals surface area contributed by atoms with Crippen molar-refractivity contribution < 1.29 is 0 Å². The van der Waals surface area contributed by atoms with Crippen LogP contribution in [0.25, 0.3) is 0 Å². The van der Waals surface area contributed by atoms with Crippen LogP contribution >= 0.6 is 0 Å². The van der Waals surface area contributed by atoms with E-state index in [1.165, 1.54) is 44.3 Å². The van der Waals surface area contributed by atoms with Gasteiger partial charge in [0.25, 0.3) is 0 Å². The minimum Gasteiger partial charge on any atom is -0.357 e. The fourth-order valence-electron chi connectivity index (χ4n) is 4.38. The first-order valence-electron chi connectivity index (χ1n) is 11.3. The Morgan fingerprint density at radius 3 is 2.57 bits per heavy atom. The van der Waals surface area contributed by atoms with Gasteiger partial charge in [-0.15, -0.1) is 0 Å². The van der Waals surface area contributed by atoms with Gasteiger partial charge in [0, 0.05) is 45.3 Å². The second-order valence-electron chi connectivity index (χ2n) is 8.49. The Kier molecular flexibility index (Phi) is 8.62. The molecule has 0 spiro atoms. The molecule has 1 unspecified atom stereocenters. The number of rotatable bonds is 7. The minimum absolute atomic E-state index is 0.528. The van der Waals surface area contributed by atoms with Crippen molar-refractivity contribution in [3.63, 3.8) is 0 Å². The highest BCUT2D eigenvalue weighted by Gasteiger charge is 2.20. The van der Waals surface area contributed by atoms with Gasteiger partial charge in [-0.3, -0.25) is 9.89 Å². The Labute approximate surface area is 171 Å². The van der Waals surface area contributed by atoms with Crippen LogP contribution in [0.15, 0.2) is 35.3 Å². The first-order valence-corrected chi connectivity index (χ1v) is 11.3. The summed E-state index contributed by atoms with van der Waals surface area (Å²) in [5.41, 5.74) is 1.41. The smallest absolute Gasteiger partial charge is 0.191 e. The van der Waals surface area contributed by atoms with Crippen molar-refractivity contribution in [2.75, 3.05) is 45.8 Å². The molecule has 1 atom stereocenters. The second-order valence-corrected chi connectivity index (χ2v) is 8.49. The molecule has 2 N–H and O–H groups in total. The lowest BCUT2D eigenvalue weighted by Crippen LogP contribution is -2.48. The molecule has 3 rings (SSSR count). The summed E-state index contributed by atoms with van der Waals surface area (Å²) in [5, 5.41) is 7.12. The van der Waals surface area contributed by atoms with Crippen LogP contribution in [-0.4, -0.2) is 67.6 Å². The lowest BCUT2D eigenvalue weighted by atomic mass is 10.0. The van der Waals surface area contributed by atoms with Crippen LogP contribution in [-0.2, 0) is 6.54 Å². The number of piperidine rings is 2. The van der Waals surface area contributed by atoms with Gasteiger partial charge in [0.05, 0.1) is 6.54 Å². The van der Waals surface area contributed by atoms with Crippen molar-refractivity contribution in [3.05, 3.63) is 35.9 Å². The average Bonchev–Trinajstić information content (AvgIpc) is 2.70. The summed E-state index contributed by atoms with van der Waals surface area (Å²) in [6, 6.07) is 11.3. The predicted molar refractivity (Wildman–Crippen MR) is 119 cm³/mol. The van der Waals surface area contributed by atoms with Crippen molar-refractivity contribution in [1.82, 2.24) is 20.4 Å². The standard InChI is InChI=1S/C23H39N5/c1-3-24-23(25-13-17-27-14-7-8-20(2)18-27)26-22-11-15-28(16-12-22)19-21-9-5-4-6-10-21/h4-6,9-10,20,22H,3,7-8,11-19H2,1-2H3,(H2,24,25,26). The third-order valence-electron chi connectivity index (χ3n) is 5.95. The molecular weight excluding hydrogens is 346 g/mol. The highest BCUT2D eigenvalue weighted by molar-refractivity contribution is 5.80. The van der Waals surface area contributed by atoms with Crippen LogP contribution in [0.4, 0.5) is 0 Å². The summed E-state index contributed by atoms with van der Waals surface area (Å²) in [6.07, 6.45) is 5.08. The first-order chi connectivity index (χ1) is 13.7. The summed E-state index contributed by atoms with van der Waals surface area (Å²) in [5.74, 6) is 1.83. The topological polar surface area (TPSA) is 42.9 Å². The predicted octanol–water partition coefficient (Wildman–Crippen LogP) is 2.94. The molecular formula is C23H39N5. The highest BCUT2D eigenvalue weighted by Crippen LogP contribution is 2.15. The lowest BCUT2D eigenvalue weighted by molar-refractivity contribution is 0.188. The maximum Gasteiger partial charge on any atom is 0.191 e. The molecule has 5 nitrogen and oxygen atoms in total. The van der Waals surface area contributed by atoms with Gasteiger partial charge in [0.15, 0.2) is 5.96 Å². The van der Waals surface area contributed by atoms with Crippen molar-refractivity contribution in [1.29, 1.82) is 0 Å². The maximum atomic E-state index is 4.85. The Morgan fingerprint density at radius 2 is 1.86 bits per heavy atom. The molecule has 1 aromatic rings. The SMILES string of the molecule is CCNC(=NCCN1CCCC(C)C1)NC1CCN(Cc2ccccc2)CC1. The molecule has 0 amide bonds. The summed E-state index contributed by atoms with van der Waals surface area (Å²) < 4.78 is 0. The van der Waals surface area contributed by atoms with E-state index in [1.54, 1.807) is 0 Å². The van der Waals surface area contributed by atoms with E-state index in [0.29, 0.717) is 6.04 Å². The highest BCUT2D eigenvalue weighted by atomic mass is 15.2. The fraction of sp³-hybridized carbons (Fsp3) is 0.696. The number of nitrogens with zero attached hydrogens (tertiary/aromatic N) is 3. The van der Waals surface area contributed by atoms with Gasteiger partial charge in [0.2, 0.25) is 0 Å². The van der Waals surface area contributed by atoms with Crippen LogP contribution in [0.3, 0.4) is 0 Å². The summed E-state index contributed by atoms with van der Waals surface area (Å²) in [4.78, 5) is 9.99. The maximum absolute atomic E-state index is 4.85. The van der Waals surface area contributed by atoms with E-state index in [2.05, 4.69) is 64.6 Å². The molecule has 0 radical (unpaired) electrons. The van der Waals surface area contributed by atoms with E-state index in [0.717, 1.165) is 51.1 Å². The van der Waals surface area contributed by atoms with E-state index < -0.39 is 0 Å². The van der Waals surface area contributed by atoms with Gasteiger partial charge >= 0.3 is 0 Å². The van der Waals surface area contributed by atoms with Crippen LogP contribution in [0.2, 0.25) is 0 Å². The summed E-state index contributed by atoms with van der Waals surface area (Å²) in [7, 11) is 0. The molecule has 28 heavy (non-hydrogen) atoms. The number of guanidine groups is 1. The largest absolute Gasteiger partial charge is 0.357 e. The Bertz CT molecular complexity index is 580. The Morgan fingerprint density at radius 1 is 1.07 bits per heavy atom. The molecule has 1 aromatic carbocycles. The van der Waals surface area contributed by atoms with Crippen LogP contribution in [0, 0.1) is 5.92 Å². The molecule has 0 aromatic heterocycles. The molecule has 5 heteroatoms. The monoisotopic (exact) mass is 385 g/mol. The van der Waals surface area contributed by atoms with E-state index in [1.807, 2.05) is 0 Å². The van der Waals surface area contributed by atoms with Crippen molar-refractivity contribution >= 4 is 5.96 Å². The zero-order valence-corrected chi connectivity index (χ0v) is 17.9. The van der Waals surface area contributed by atoms with E-state index in [4.69, 9.17) is 4.99 Å². The van der Waals surface area contributed by atoms with Crippen molar-refractivity contribution in [2.24, 2.45) is 10.9 Å². The number of hydrogen-bond donors (Lipinski definition) is 2. The van der Waals surface area contributed by atoms with E-state index in [9.17, 15) is 0 Å². The third kappa shape index (κ3) is 7.10. The average molecular weight is 386 g/mol. The van der Waals surface area contributed by atoms with Gasteiger partial charge in [-0.05, 0) is 50.6 Å². The fourth-order valence-corrected chi connectivity index (χ4v) is 4.38.